The molecule has 6 heteroatoms. The molecule has 1 unspecified atom stereocenters. The van der Waals surface area contributed by atoms with Crippen LogP contribution in [0.4, 0.5) is 4.79 Å². The van der Waals surface area contributed by atoms with Crippen LogP contribution >= 0.6 is 0 Å². The number of amides is 2. The van der Waals surface area contributed by atoms with Crippen LogP contribution in [-0.2, 0) is 11.3 Å². The molecule has 0 fully saturated rings. The summed E-state index contributed by atoms with van der Waals surface area (Å²) in [6.07, 6.45) is 1.71. The number of nitrogens with one attached hydrogen (secondary N) is 2. The molecule has 1 heterocycles. The van der Waals surface area contributed by atoms with Gasteiger partial charge in [0.1, 0.15) is 0 Å². The van der Waals surface area contributed by atoms with Crippen molar-refractivity contribution in [3.8, 4) is 0 Å². The van der Waals surface area contributed by atoms with Crippen molar-refractivity contribution in [2.45, 2.75) is 13.5 Å². The molecule has 1 aromatic heterocycles. The number of benzene rings is 1. The van der Waals surface area contributed by atoms with Gasteiger partial charge < -0.3 is 15.7 Å². The molecule has 0 bridgehead atoms. The minimum atomic E-state index is -0.937. The maximum Gasteiger partial charge on any atom is 0.315 e. The van der Waals surface area contributed by atoms with Crippen molar-refractivity contribution in [3.63, 3.8) is 0 Å². The van der Waals surface area contributed by atoms with Gasteiger partial charge in [-0.1, -0.05) is 31.2 Å². The summed E-state index contributed by atoms with van der Waals surface area (Å²) in [6.45, 7) is 1.97. The predicted molar refractivity (Wildman–Crippen MR) is 78.8 cm³/mol. The summed E-state index contributed by atoms with van der Waals surface area (Å²) in [5.41, 5.74) is 1.76. The monoisotopic (exact) mass is 287 g/mol. The molecule has 0 saturated carbocycles. The first-order valence-electron chi connectivity index (χ1n) is 6.65. The highest BCUT2D eigenvalue weighted by Crippen LogP contribution is 2.15. The number of carboxylic acid groups (broad SMARTS) is 1. The largest absolute Gasteiger partial charge is 0.481 e. The summed E-state index contributed by atoms with van der Waals surface area (Å²) in [5, 5.41) is 15.0. The predicted octanol–water partition coefficient (Wildman–Crippen LogP) is 1.75. The molecular weight excluding hydrogens is 270 g/mol. The zero-order chi connectivity index (χ0) is 15.2. The Kier molecular flexibility index (Phi) is 4.71. The highest BCUT2D eigenvalue weighted by atomic mass is 16.4. The minimum absolute atomic E-state index is 0.0922. The first-order chi connectivity index (χ1) is 10.1. The molecule has 0 radical (unpaired) electrons. The van der Waals surface area contributed by atoms with Crippen molar-refractivity contribution in [2.24, 2.45) is 5.92 Å². The van der Waals surface area contributed by atoms with Crippen LogP contribution in [-0.4, -0.2) is 28.6 Å². The van der Waals surface area contributed by atoms with Crippen molar-refractivity contribution in [2.75, 3.05) is 6.54 Å². The molecule has 0 aliphatic rings. The van der Waals surface area contributed by atoms with Gasteiger partial charge in [-0.3, -0.25) is 9.78 Å². The number of aliphatic carboxylic acids is 1. The number of hydrogen-bond donors (Lipinski definition) is 3. The van der Waals surface area contributed by atoms with Crippen LogP contribution in [0.5, 0.6) is 0 Å². The van der Waals surface area contributed by atoms with Gasteiger partial charge >= 0.3 is 12.0 Å². The Labute approximate surface area is 122 Å². The third-order valence-corrected chi connectivity index (χ3v) is 3.15. The lowest BCUT2D eigenvalue weighted by Gasteiger charge is -2.10. The summed E-state index contributed by atoms with van der Waals surface area (Å²) >= 11 is 0. The van der Waals surface area contributed by atoms with E-state index in [1.807, 2.05) is 30.3 Å². The molecule has 2 amide bonds. The van der Waals surface area contributed by atoms with E-state index < -0.39 is 17.9 Å². The fourth-order valence-electron chi connectivity index (χ4n) is 1.88. The zero-order valence-electron chi connectivity index (χ0n) is 11.7. The van der Waals surface area contributed by atoms with Gasteiger partial charge in [-0.2, -0.15) is 0 Å². The topological polar surface area (TPSA) is 91.3 Å². The normalized spacial score (nSPS) is 11.9. The number of urea groups is 1. The number of carboxylic acids is 1. The van der Waals surface area contributed by atoms with Gasteiger partial charge in [0.15, 0.2) is 0 Å². The van der Waals surface area contributed by atoms with E-state index in [2.05, 4.69) is 15.6 Å². The second kappa shape index (κ2) is 6.69. The van der Waals surface area contributed by atoms with Crippen LogP contribution in [0, 0.1) is 5.92 Å². The minimum Gasteiger partial charge on any atom is -0.481 e. The molecule has 3 N–H and O–H groups in total. The first kappa shape index (κ1) is 14.8. The number of rotatable bonds is 5. The van der Waals surface area contributed by atoms with Gasteiger partial charge in [-0.15, -0.1) is 0 Å². The van der Waals surface area contributed by atoms with Gasteiger partial charge in [-0.05, 0) is 11.6 Å². The Morgan fingerprint density at radius 3 is 2.76 bits per heavy atom. The van der Waals surface area contributed by atoms with Gasteiger partial charge in [0, 0.05) is 24.7 Å². The number of para-hydroxylation sites is 1. The number of nitrogens with zero attached hydrogens (tertiary/aromatic N) is 1. The van der Waals surface area contributed by atoms with Crippen molar-refractivity contribution < 1.29 is 14.7 Å². The number of carbonyl (C=O) groups is 2. The third-order valence-electron chi connectivity index (χ3n) is 3.15. The standard InChI is InChI=1S/C15H17N3O3/c1-10(14(19)20)8-17-15(21)18-9-12-5-2-4-11-6-3-7-16-13(11)12/h2-7,10H,8-9H2,1H3,(H,19,20)(H2,17,18,21). The maximum atomic E-state index is 11.6. The Hall–Kier alpha value is -2.63. The smallest absolute Gasteiger partial charge is 0.315 e. The van der Waals surface area contributed by atoms with Crippen LogP contribution in [0.25, 0.3) is 10.9 Å². The summed E-state index contributed by atoms with van der Waals surface area (Å²) in [7, 11) is 0. The van der Waals surface area contributed by atoms with Crippen molar-refractivity contribution in [1.29, 1.82) is 0 Å². The van der Waals surface area contributed by atoms with E-state index in [-0.39, 0.29) is 6.54 Å². The summed E-state index contributed by atoms with van der Waals surface area (Å²) in [5.74, 6) is -1.55. The molecule has 0 saturated heterocycles. The number of carbonyl (C=O) groups excluding carboxylic acids is 1. The number of hydrogen-bond acceptors (Lipinski definition) is 3. The molecular formula is C15H17N3O3. The Morgan fingerprint density at radius 1 is 1.24 bits per heavy atom. The van der Waals surface area contributed by atoms with Crippen LogP contribution in [0.1, 0.15) is 12.5 Å². The Morgan fingerprint density at radius 2 is 2.00 bits per heavy atom. The van der Waals surface area contributed by atoms with Crippen LogP contribution < -0.4 is 10.6 Å². The van der Waals surface area contributed by atoms with E-state index in [0.29, 0.717) is 6.54 Å². The van der Waals surface area contributed by atoms with Crippen LogP contribution in [0.15, 0.2) is 36.5 Å². The van der Waals surface area contributed by atoms with Crippen LogP contribution in [0.3, 0.4) is 0 Å². The molecule has 1 aromatic carbocycles. The molecule has 110 valence electrons. The molecule has 0 aliphatic carbocycles. The van der Waals surface area contributed by atoms with Gasteiger partial charge in [0.25, 0.3) is 0 Å². The van der Waals surface area contributed by atoms with E-state index in [9.17, 15) is 9.59 Å². The molecule has 21 heavy (non-hydrogen) atoms. The van der Waals surface area contributed by atoms with E-state index in [1.165, 1.54) is 6.92 Å². The highest BCUT2D eigenvalue weighted by molar-refractivity contribution is 5.82. The highest BCUT2D eigenvalue weighted by Gasteiger charge is 2.12. The van der Waals surface area contributed by atoms with Gasteiger partial charge in [0.2, 0.25) is 0 Å². The van der Waals surface area contributed by atoms with Gasteiger partial charge in [-0.25, -0.2) is 4.79 Å². The van der Waals surface area contributed by atoms with E-state index in [1.54, 1.807) is 6.20 Å². The number of aromatic nitrogens is 1. The summed E-state index contributed by atoms with van der Waals surface area (Å²) < 4.78 is 0. The van der Waals surface area contributed by atoms with Crippen molar-refractivity contribution in [1.82, 2.24) is 15.6 Å². The fraction of sp³-hybridized carbons (Fsp3) is 0.267. The molecule has 1 atom stereocenters. The second-order valence-corrected chi connectivity index (χ2v) is 4.80. The molecule has 2 rings (SSSR count). The lowest BCUT2D eigenvalue weighted by atomic mass is 10.1. The summed E-state index contributed by atoms with van der Waals surface area (Å²) in [4.78, 5) is 26.6. The molecule has 6 nitrogen and oxygen atoms in total. The second-order valence-electron chi connectivity index (χ2n) is 4.80. The maximum absolute atomic E-state index is 11.6. The lowest BCUT2D eigenvalue weighted by molar-refractivity contribution is -0.140. The fourth-order valence-corrected chi connectivity index (χ4v) is 1.88. The average molecular weight is 287 g/mol. The molecule has 0 aliphatic heterocycles. The number of pyridine rings is 1. The van der Waals surface area contributed by atoms with Gasteiger partial charge in [0.05, 0.1) is 11.4 Å². The Bertz CT molecular complexity index is 652. The van der Waals surface area contributed by atoms with E-state index in [4.69, 9.17) is 5.11 Å². The van der Waals surface area contributed by atoms with Crippen molar-refractivity contribution >= 4 is 22.9 Å². The molecule has 2 aromatic rings. The average Bonchev–Trinajstić information content (AvgIpc) is 2.50. The Balaban J connectivity index is 1.93. The first-order valence-corrected chi connectivity index (χ1v) is 6.65. The lowest BCUT2D eigenvalue weighted by Crippen LogP contribution is -2.38. The van der Waals surface area contributed by atoms with Crippen LogP contribution in [0.2, 0.25) is 0 Å². The zero-order valence-corrected chi connectivity index (χ0v) is 11.7. The SMILES string of the molecule is CC(CNC(=O)NCc1cccc2cccnc12)C(=O)O. The quantitative estimate of drug-likeness (QED) is 0.781. The number of fused-ring (bicyclic) bond motifs is 1. The summed E-state index contributed by atoms with van der Waals surface area (Å²) in [6, 6.07) is 9.19. The molecule has 0 spiro atoms. The third kappa shape index (κ3) is 3.92. The van der Waals surface area contributed by atoms with E-state index in [0.717, 1.165) is 16.5 Å². The van der Waals surface area contributed by atoms with Crippen molar-refractivity contribution in [3.05, 3.63) is 42.1 Å². The van der Waals surface area contributed by atoms with E-state index >= 15 is 0 Å².